The van der Waals surface area contributed by atoms with Gasteiger partial charge in [0.25, 0.3) is 5.91 Å². The fraction of sp³-hybridized carbons (Fsp3) is 0.812. The number of esters is 2. The maximum Gasteiger partial charge on any atom is 0.576 e. The van der Waals surface area contributed by atoms with Crippen molar-refractivity contribution in [2.24, 2.45) is 10.8 Å². The smallest absolute Gasteiger partial charge is 0.469 e. The van der Waals surface area contributed by atoms with Crippen LogP contribution in [0.15, 0.2) is 0 Å². The van der Waals surface area contributed by atoms with Crippen LogP contribution in [0.1, 0.15) is 41.0 Å². The summed E-state index contributed by atoms with van der Waals surface area (Å²) in [6.07, 6.45) is -1.08. The van der Waals surface area contributed by atoms with Crippen molar-refractivity contribution in [2.45, 2.75) is 47.1 Å². The molecule has 0 spiro atoms. The lowest BCUT2D eigenvalue weighted by atomic mass is 9.87. The van der Waals surface area contributed by atoms with E-state index in [0.717, 1.165) is 0 Å². The van der Waals surface area contributed by atoms with Crippen LogP contribution in [-0.4, -0.2) is 55.9 Å². The Labute approximate surface area is 159 Å². The summed E-state index contributed by atoms with van der Waals surface area (Å²) in [5, 5.41) is 2.55. The third kappa shape index (κ3) is 7.31. The Bertz CT molecular complexity index is 561. The third-order valence-electron chi connectivity index (χ3n) is 3.66. The Hall–Kier alpha value is -1.32. The average molecular weight is 410 g/mol. The summed E-state index contributed by atoms with van der Waals surface area (Å²) < 4.78 is 25.2. The van der Waals surface area contributed by atoms with Crippen LogP contribution in [0.3, 0.4) is 0 Å². The molecule has 1 rings (SSSR count). The minimum Gasteiger partial charge on any atom is -0.469 e. The van der Waals surface area contributed by atoms with E-state index in [9.17, 15) is 19.3 Å². The van der Waals surface area contributed by atoms with Crippen molar-refractivity contribution in [1.29, 1.82) is 0 Å². The molecule has 10 nitrogen and oxygen atoms in total. The quantitative estimate of drug-likeness (QED) is 0.363. The van der Waals surface area contributed by atoms with E-state index in [4.69, 9.17) is 18.3 Å². The molecular weight excluding hydrogens is 381 g/mol. The van der Waals surface area contributed by atoms with Crippen LogP contribution in [0.4, 0.5) is 0 Å². The van der Waals surface area contributed by atoms with Gasteiger partial charge in [-0.05, 0) is 20.8 Å². The van der Waals surface area contributed by atoms with E-state index in [1.807, 2.05) is 0 Å². The number of rotatable bonds is 7. The molecule has 1 heterocycles. The molecule has 1 saturated heterocycles. The van der Waals surface area contributed by atoms with Gasteiger partial charge in [0.2, 0.25) is 6.79 Å². The van der Waals surface area contributed by atoms with Gasteiger partial charge in [0.15, 0.2) is 6.10 Å². The van der Waals surface area contributed by atoms with Gasteiger partial charge in [-0.25, -0.2) is 0 Å². The second kappa shape index (κ2) is 9.25. The lowest BCUT2D eigenvalue weighted by Gasteiger charge is -2.36. The summed E-state index contributed by atoms with van der Waals surface area (Å²) in [4.78, 5) is 45.6. The summed E-state index contributed by atoms with van der Waals surface area (Å²) in [6.45, 7) is 7.93. The molecule has 0 aromatic heterocycles. The molecule has 2 atom stereocenters. The van der Waals surface area contributed by atoms with Crippen molar-refractivity contribution < 1.29 is 42.3 Å². The predicted octanol–water partition coefficient (Wildman–Crippen LogP) is 1.34. The highest BCUT2D eigenvalue weighted by atomic mass is 31.2. The Kier molecular flexibility index (Phi) is 8.13. The normalized spacial score (nSPS) is 24.8. The largest absolute Gasteiger partial charge is 0.576 e. The van der Waals surface area contributed by atoms with Gasteiger partial charge in [-0.3, -0.25) is 14.4 Å². The van der Waals surface area contributed by atoms with Gasteiger partial charge in [0, 0.05) is 12.0 Å². The van der Waals surface area contributed by atoms with E-state index in [1.54, 1.807) is 34.6 Å². The summed E-state index contributed by atoms with van der Waals surface area (Å²) in [7, 11) is -2.60. The highest BCUT2D eigenvalue weighted by Gasteiger charge is 2.59. The van der Waals surface area contributed by atoms with Gasteiger partial charge in [0.1, 0.15) is 6.61 Å². The van der Waals surface area contributed by atoms with E-state index in [1.165, 1.54) is 7.11 Å². The number of carbonyl (C=O) groups is 3. The number of carbonyl (C=O) groups excluding carboxylic acids is 3. The SMILES string of the molecule is COC(=O)CCNC(=O)[C@@H]1O[P+](O)(OCOC(=O)C(C)(C)C)OCC1(C)C. The van der Waals surface area contributed by atoms with E-state index in [0.29, 0.717) is 0 Å². The molecule has 11 heteroatoms. The molecule has 2 N–H and O–H groups in total. The van der Waals surface area contributed by atoms with Crippen molar-refractivity contribution >= 4 is 26.0 Å². The first kappa shape index (κ1) is 23.7. The maximum atomic E-state index is 12.4. The molecule has 1 amide bonds. The van der Waals surface area contributed by atoms with E-state index < -0.39 is 49.7 Å². The standard InChI is InChI=1S/C16H28NO9P/c1-15(2,3)14(20)23-10-25-27(21)24-9-16(4,5)12(26-27)13(19)17-8-7-11(18)22-6/h12,21H,7-10H2,1-6H3/p+1/t12-,27?/m0/s1. The Morgan fingerprint density at radius 3 is 2.48 bits per heavy atom. The molecule has 0 aromatic carbocycles. The highest BCUT2D eigenvalue weighted by molar-refractivity contribution is 7.55. The topological polar surface area (TPSA) is 130 Å². The number of hydrogen-bond donors (Lipinski definition) is 2. The molecule has 1 aliphatic heterocycles. The number of hydrogen-bond acceptors (Lipinski definition) is 9. The van der Waals surface area contributed by atoms with Gasteiger partial charge >= 0.3 is 20.1 Å². The zero-order valence-electron chi connectivity index (χ0n) is 16.6. The van der Waals surface area contributed by atoms with Gasteiger partial charge in [0.05, 0.1) is 18.9 Å². The van der Waals surface area contributed by atoms with Crippen molar-refractivity contribution in [1.82, 2.24) is 5.32 Å². The maximum absolute atomic E-state index is 12.4. The number of nitrogens with one attached hydrogen (secondary N) is 1. The van der Waals surface area contributed by atoms with Crippen molar-refractivity contribution in [3.8, 4) is 0 Å². The minimum atomic E-state index is -3.85. The van der Waals surface area contributed by atoms with Crippen LogP contribution in [0.25, 0.3) is 0 Å². The number of amides is 1. The second-order valence-electron chi connectivity index (χ2n) is 7.76. The zero-order chi connectivity index (χ0) is 20.9. The first-order chi connectivity index (χ1) is 12.3. The lowest BCUT2D eigenvalue weighted by molar-refractivity contribution is -0.165. The van der Waals surface area contributed by atoms with Gasteiger partial charge in [-0.1, -0.05) is 13.8 Å². The number of ether oxygens (including phenoxy) is 2. The summed E-state index contributed by atoms with van der Waals surface area (Å²) in [5.74, 6) is -1.51. The van der Waals surface area contributed by atoms with Crippen LogP contribution in [0.5, 0.6) is 0 Å². The van der Waals surface area contributed by atoms with Gasteiger partial charge in [-0.2, -0.15) is 9.42 Å². The average Bonchev–Trinajstić information content (AvgIpc) is 2.56. The molecule has 0 radical (unpaired) electrons. The van der Waals surface area contributed by atoms with Gasteiger partial charge in [-0.15, -0.1) is 9.05 Å². The predicted molar refractivity (Wildman–Crippen MR) is 94.9 cm³/mol. The molecule has 0 aliphatic carbocycles. The molecule has 27 heavy (non-hydrogen) atoms. The molecule has 0 bridgehead atoms. The fourth-order valence-corrected chi connectivity index (χ4v) is 3.47. The Morgan fingerprint density at radius 1 is 1.30 bits per heavy atom. The minimum absolute atomic E-state index is 0.00452. The van der Waals surface area contributed by atoms with Crippen molar-refractivity contribution in [3.05, 3.63) is 0 Å². The fourth-order valence-electron chi connectivity index (χ4n) is 1.95. The zero-order valence-corrected chi connectivity index (χ0v) is 17.5. The van der Waals surface area contributed by atoms with Crippen molar-refractivity contribution in [3.63, 3.8) is 0 Å². The van der Waals surface area contributed by atoms with Crippen LogP contribution in [-0.2, 0) is 37.4 Å². The van der Waals surface area contributed by atoms with Crippen LogP contribution >= 0.6 is 8.17 Å². The van der Waals surface area contributed by atoms with E-state index in [2.05, 4.69) is 10.1 Å². The second-order valence-corrected chi connectivity index (χ2v) is 9.43. The third-order valence-corrected chi connectivity index (χ3v) is 5.02. The van der Waals surface area contributed by atoms with Gasteiger partial charge < -0.3 is 14.8 Å². The van der Waals surface area contributed by atoms with Crippen LogP contribution in [0.2, 0.25) is 0 Å². The molecule has 1 fully saturated rings. The Morgan fingerprint density at radius 2 is 1.93 bits per heavy atom. The summed E-state index contributed by atoms with van der Waals surface area (Å²) in [6, 6.07) is 0. The molecule has 1 unspecified atom stereocenters. The van der Waals surface area contributed by atoms with E-state index >= 15 is 0 Å². The number of methoxy groups -OCH3 is 1. The first-order valence-electron chi connectivity index (χ1n) is 8.42. The summed E-state index contributed by atoms with van der Waals surface area (Å²) in [5.41, 5.74) is -1.49. The van der Waals surface area contributed by atoms with Crippen LogP contribution in [0, 0.1) is 10.8 Å². The van der Waals surface area contributed by atoms with E-state index in [-0.39, 0.29) is 19.6 Å². The molecule has 156 valence electrons. The lowest BCUT2D eigenvalue weighted by Crippen LogP contribution is -2.50. The molecule has 1 aliphatic rings. The first-order valence-corrected chi connectivity index (χ1v) is 9.91. The molecule has 0 aromatic rings. The Balaban J connectivity index is 2.63. The molecular formula is C16H29NO9P+. The molecule has 0 saturated carbocycles. The summed E-state index contributed by atoms with van der Waals surface area (Å²) >= 11 is 0. The highest BCUT2D eigenvalue weighted by Crippen LogP contribution is 2.63. The van der Waals surface area contributed by atoms with Crippen molar-refractivity contribution in [2.75, 3.05) is 27.1 Å². The van der Waals surface area contributed by atoms with Crippen LogP contribution < -0.4 is 5.32 Å². The monoisotopic (exact) mass is 410 g/mol.